The monoisotopic (exact) mass is 162 g/mol. The molecule has 0 aromatic heterocycles. The predicted molar refractivity (Wildman–Crippen MR) is 38.0 cm³/mol. The van der Waals surface area contributed by atoms with Crippen LogP contribution in [-0.4, -0.2) is 42.4 Å². The van der Waals surface area contributed by atoms with Crippen molar-refractivity contribution in [1.82, 2.24) is 0 Å². The van der Waals surface area contributed by atoms with Gasteiger partial charge >= 0.3 is 0 Å². The summed E-state index contributed by atoms with van der Waals surface area (Å²) in [4.78, 5) is 0. The molecule has 0 aromatic carbocycles. The topological polar surface area (TPSA) is 58.9 Å². The Kier molecular flexibility index (Phi) is 3.26. The van der Waals surface area contributed by atoms with Crippen molar-refractivity contribution in [1.29, 1.82) is 0 Å². The van der Waals surface area contributed by atoms with E-state index in [9.17, 15) is 5.11 Å². The summed E-state index contributed by atoms with van der Waals surface area (Å²) in [7, 11) is 1.48. The van der Waals surface area contributed by atoms with E-state index < -0.39 is 12.4 Å². The van der Waals surface area contributed by atoms with Crippen molar-refractivity contribution in [3.63, 3.8) is 0 Å². The quantitative estimate of drug-likeness (QED) is 0.574. The van der Waals surface area contributed by atoms with Gasteiger partial charge in [-0.25, -0.2) is 0 Å². The lowest BCUT2D eigenvalue weighted by Gasteiger charge is -2.31. The highest BCUT2D eigenvalue weighted by Crippen LogP contribution is 2.19. The van der Waals surface area contributed by atoms with E-state index in [1.807, 2.05) is 0 Å². The maximum Gasteiger partial charge on any atom is 0.183 e. The lowest BCUT2D eigenvalue weighted by atomic mass is 10.1. The Morgan fingerprint density at radius 3 is 2.82 bits per heavy atom. The van der Waals surface area contributed by atoms with Crippen LogP contribution < -0.4 is 0 Å². The van der Waals surface area contributed by atoms with Gasteiger partial charge in [0.2, 0.25) is 0 Å². The molecule has 1 saturated heterocycles. The summed E-state index contributed by atoms with van der Waals surface area (Å²) in [6, 6.07) is 0. The second-order valence-electron chi connectivity index (χ2n) is 2.69. The lowest BCUT2D eigenvalue weighted by molar-refractivity contribution is -0.234. The average Bonchev–Trinajstić information content (AvgIpc) is 2.05. The molecule has 66 valence electrons. The fourth-order valence-electron chi connectivity index (χ4n) is 1.19. The third-order valence-electron chi connectivity index (χ3n) is 1.86. The molecule has 0 bridgehead atoms. The van der Waals surface area contributed by atoms with Crippen LogP contribution in [0.4, 0.5) is 0 Å². The van der Waals surface area contributed by atoms with E-state index in [-0.39, 0.29) is 12.7 Å². The van der Waals surface area contributed by atoms with Crippen LogP contribution >= 0.6 is 0 Å². The molecule has 0 radical (unpaired) electrons. The molecule has 0 saturated carbocycles. The largest absolute Gasteiger partial charge is 0.394 e. The molecule has 0 aliphatic carbocycles. The zero-order valence-electron chi connectivity index (χ0n) is 6.56. The molecule has 1 aliphatic heterocycles. The minimum Gasteiger partial charge on any atom is -0.394 e. The van der Waals surface area contributed by atoms with Gasteiger partial charge < -0.3 is 19.7 Å². The summed E-state index contributed by atoms with van der Waals surface area (Å²) in [5, 5.41) is 18.0. The molecule has 0 aromatic rings. The summed E-state index contributed by atoms with van der Waals surface area (Å²) >= 11 is 0. The number of aliphatic hydroxyl groups excluding tert-OH is 2. The van der Waals surface area contributed by atoms with Gasteiger partial charge in [0.25, 0.3) is 0 Å². The van der Waals surface area contributed by atoms with E-state index in [1.165, 1.54) is 7.11 Å². The summed E-state index contributed by atoms with van der Waals surface area (Å²) in [6.45, 7) is -0.00736. The van der Waals surface area contributed by atoms with Gasteiger partial charge in [0.15, 0.2) is 6.29 Å². The molecular weight excluding hydrogens is 148 g/mol. The van der Waals surface area contributed by atoms with Gasteiger partial charge in [-0.3, -0.25) is 0 Å². The Morgan fingerprint density at radius 1 is 1.55 bits per heavy atom. The SMILES string of the molecule is CO[C@H]1OC(CO)CC[C@H]1O. The van der Waals surface area contributed by atoms with Crippen LogP contribution in [0.2, 0.25) is 0 Å². The number of hydrogen-bond donors (Lipinski definition) is 2. The van der Waals surface area contributed by atoms with E-state index >= 15 is 0 Å². The Morgan fingerprint density at radius 2 is 2.27 bits per heavy atom. The van der Waals surface area contributed by atoms with Gasteiger partial charge in [-0.05, 0) is 12.8 Å². The van der Waals surface area contributed by atoms with Crippen LogP contribution in [0.15, 0.2) is 0 Å². The number of rotatable bonds is 2. The second-order valence-corrected chi connectivity index (χ2v) is 2.69. The Balaban J connectivity index is 2.37. The normalized spacial score (nSPS) is 39.0. The van der Waals surface area contributed by atoms with E-state index in [1.54, 1.807) is 0 Å². The third-order valence-corrected chi connectivity index (χ3v) is 1.86. The highest BCUT2D eigenvalue weighted by Gasteiger charge is 2.28. The van der Waals surface area contributed by atoms with Crippen molar-refractivity contribution < 1.29 is 19.7 Å². The first kappa shape index (κ1) is 8.93. The second kappa shape index (κ2) is 4.01. The number of methoxy groups -OCH3 is 1. The first-order chi connectivity index (χ1) is 5.27. The molecule has 0 amide bonds. The maximum atomic E-state index is 9.25. The van der Waals surface area contributed by atoms with Gasteiger partial charge in [-0.1, -0.05) is 0 Å². The van der Waals surface area contributed by atoms with Crippen molar-refractivity contribution >= 4 is 0 Å². The molecule has 0 spiro atoms. The first-order valence-corrected chi connectivity index (χ1v) is 3.75. The zero-order chi connectivity index (χ0) is 8.27. The van der Waals surface area contributed by atoms with Crippen molar-refractivity contribution in [3.05, 3.63) is 0 Å². The van der Waals surface area contributed by atoms with Gasteiger partial charge in [-0.2, -0.15) is 0 Å². The van der Waals surface area contributed by atoms with Crippen molar-refractivity contribution in [2.24, 2.45) is 0 Å². The molecule has 1 rings (SSSR count). The van der Waals surface area contributed by atoms with Gasteiger partial charge in [0.1, 0.15) is 6.10 Å². The van der Waals surface area contributed by atoms with Gasteiger partial charge in [-0.15, -0.1) is 0 Å². The highest BCUT2D eigenvalue weighted by atomic mass is 16.7. The van der Waals surface area contributed by atoms with Crippen LogP contribution in [0.3, 0.4) is 0 Å². The minimum absolute atomic E-state index is 0.00736. The van der Waals surface area contributed by atoms with Crippen LogP contribution in [0.5, 0.6) is 0 Å². The molecule has 2 N–H and O–H groups in total. The molecule has 1 unspecified atom stereocenters. The van der Waals surface area contributed by atoms with Crippen molar-refractivity contribution in [2.75, 3.05) is 13.7 Å². The van der Waals surface area contributed by atoms with Crippen molar-refractivity contribution in [3.8, 4) is 0 Å². The molecule has 3 atom stereocenters. The Labute approximate surface area is 65.7 Å². The molecule has 1 fully saturated rings. The third kappa shape index (κ3) is 2.13. The number of hydrogen-bond acceptors (Lipinski definition) is 4. The smallest absolute Gasteiger partial charge is 0.183 e. The predicted octanol–water partition coefficient (Wildman–Crippen LogP) is -0.509. The van der Waals surface area contributed by atoms with Crippen molar-refractivity contribution in [2.45, 2.75) is 31.3 Å². The van der Waals surface area contributed by atoms with Crippen LogP contribution in [0.25, 0.3) is 0 Å². The average molecular weight is 162 g/mol. The van der Waals surface area contributed by atoms with Gasteiger partial charge in [0.05, 0.1) is 12.7 Å². The molecular formula is C7H14O4. The van der Waals surface area contributed by atoms with Crippen LogP contribution in [0, 0.1) is 0 Å². The van der Waals surface area contributed by atoms with E-state index in [4.69, 9.17) is 14.6 Å². The fraction of sp³-hybridized carbons (Fsp3) is 1.00. The maximum absolute atomic E-state index is 9.25. The van der Waals surface area contributed by atoms with E-state index in [0.29, 0.717) is 12.8 Å². The first-order valence-electron chi connectivity index (χ1n) is 3.75. The summed E-state index contributed by atoms with van der Waals surface area (Å²) in [5.41, 5.74) is 0. The molecule has 1 aliphatic rings. The number of aliphatic hydroxyl groups is 2. The number of ether oxygens (including phenoxy) is 2. The molecule has 4 heteroatoms. The van der Waals surface area contributed by atoms with E-state index in [2.05, 4.69) is 0 Å². The lowest BCUT2D eigenvalue weighted by Crippen LogP contribution is -2.41. The summed E-state index contributed by atoms with van der Waals surface area (Å²) < 4.78 is 10.0. The zero-order valence-corrected chi connectivity index (χ0v) is 6.56. The van der Waals surface area contributed by atoms with Gasteiger partial charge in [0, 0.05) is 7.11 Å². The van der Waals surface area contributed by atoms with Crippen LogP contribution in [0.1, 0.15) is 12.8 Å². The minimum atomic E-state index is -0.569. The Hall–Kier alpha value is -0.160. The summed E-state index contributed by atoms with van der Waals surface area (Å²) in [6.07, 6.45) is 0.0217. The Bertz CT molecular complexity index is 117. The summed E-state index contributed by atoms with van der Waals surface area (Å²) in [5.74, 6) is 0. The standard InChI is InChI=1S/C7H14O4/c1-10-7-6(9)3-2-5(4-8)11-7/h5-9H,2-4H2,1H3/t5?,6-,7+/m1/s1. The highest BCUT2D eigenvalue weighted by molar-refractivity contribution is 4.72. The van der Waals surface area contributed by atoms with E-state index in [0.717, 1.165) is 0 Å². The molecule has 11 heavy (non-hydrogen) atoms. The van der Waals surface area contributed by atoms with Crippen LogP contribution in [-0.2, 0) is 9.47 Å². The fourth-order valence-corrected chi connectivity index (χ4v) is 1.19. The molecule has 4 nitrogen and oxygen atoms in total. The molecule has 1 heterocycles.